The molecule has 0 aliphatic carbocycles. The molecular formula is C15H15F2N3O. The van der Waals surface area contributed by atoms with Crippen molar-refractivity contribution in [3.05, 3.63) is 53.7 Å². The summed E-state index contributed by atoms with van der Waals surface area (Å²) >= 11 is 0. The van der Waals surface area contributed by atoms with E-state index in [0.29, 0.717) is 12.4 Å². The third-order valence-electron chi connectivity index (χ3n) is 2.76. The quantitative estimate of drug-likeness (QED) is 0.887. The zero-order valence-electron chi connectivity index (χ0n) is 11.5. The highest BCUT2D eigenvalue weighted by Crippen LogP contribution is 2.21. The summed E-state index contributed by atoms with van der Waals surface area (Å²) in [5.74, 6) is -1.89. The Morgan fingerprint density at radius 1 is 1.24 bits per heavy atom. The summed E-state index contributed by atoms with van der Waals surface area (Å²) in [4.78, 5) is 15.9. The molecule has 0 saturated heterocycles. The normalized spacial score (nSPS) is 10.2. The average molecular weight is 291 g/mol. The minimum Gasteiger partial charge on any atom is -0.380 e. The second-order valence-corrected chi connectivity index (χ2v) is 4.41. The van der Waals surface area contributed by atoms with Gasteiger partial charge in [0.05, 0.1) is 0 Å². The largest absolute Gasteiger partial charge is 0.380 e. The molecule has 6 heteroatoms. The Morgan fingerprint density at radius 3 is 2.52 bits per heavy atom. The van der Waals surface area contributed by atoms with Gasteiger partial charge < -0.3 is 10.6 Å². The first-order valence-corrected chi connectivity index (χ1v) is 6.57. The number of benzene rings is 1. The van der Waals surface area contributed by atoms with Gasteiger partial charge in [0.25, 0.3) is 5.91 Å². The van der Waals surface area contributed by atoms with Crippen LogP contribution in [0.3, 0.4) is 0 Å². The van der Waals surface area contributed by atoms with Crippen LogP contribution in [0, 0.1) is 11.6 Å². The first kappa shape index (κ1) is 14.9. The molecular weight excluding hydrogens is 276 g/mol. The molecule has 0 radical (unpaired) electrons. The molecule has 0 aliphatic rings. The second kappa shape index (κ2) is 6.78. The van der Waals surface area contributed by atoms with Crippen molar-refractivity contribution in [1.29, 1.82) is 0 Å². The van der Waals surface area contributed by atoms with Crippen molar-refractivity contribution >= 4 is 17.4 Å². The first-order chi connectivity index (χ1) is 10.1. The third-order valence-corrected chi connectivity index (χ3v) is 2.76. The zero-order chi connectivity index (χ0) is 15.2. The lowest BCUT2D eigenvalue weighted by Crippen LogP contribution is -2.14. The second-order valence-electron chi connectivity index (χ2n) is 4.41. The molecule has 4 nitrogen and oxygen atoms in total. The van der Waals surface area contributed by atoms with Gasteiger partial charge in [-0.2, -0.15) is 0 Å². The Balaban J connectivity index is 2.19. The van der Waals surface area contributed by atoms with Crippen molar-refractivity contribution in [2.75, 3.05) is 17.2 Å². The summed E-state index contributed by atoms with van der Waals surface area (Å²) in [7, 11) is 0. The molecule has 110 valence electrons. The van der Waals surface area contributed by atoms with Crippen molar-refractivity contribution in [3.8, 4) is 0 Å². The van der Waals surface area contributed by atoms with Gasteiger partial charge in [-0.1, -0.05) is 13.0 Å². The molecule has 0 bridgehead atoms. The molecule has 2 aromatic rings. The Bertz CT molecular complexity index is 609. The maximum atomic E-state index is 13.8. The van der Waals surface area contributed by atoms with Crippen LogP contribution in [0.1, 0.15) is 23.7 Å². The predicted molar refractivity (Wildman–Crippen MR) is 77.3 cm³/mol. The number of halogens is 2. The SMILES string of the molecule is CCCNc1c(F)cc(C(=O)Nc2ccccn2)cc1F. The highest BCUT2D eigenvalue weighted by atomic mass is 19.1. The molecule has 0 saturated carbocycles. The summed E-state index contributed by atoms with van der Waals surface area (Å²) in [6.07, 6.45) is 2.25. The van der Waals surface area contributed by atoms with Crippen LogP contribution in [0.15, 0.2) is 36.5 Å². The number of nitrogens with zero attached hydrogens (tertiary/aromatic N) is 1. The fourth-order valence-electron chi connectivity index (χ4n) is 1.75. The van der Waals surface area contributed by atoms with Crippen LogP contribution in [0.4, 0.5) is 20.3 Å². The number of carbonyl (C=O) groups is 1. The number of amides is 1. The zero-order valence-corrected chi connectivity index (χ0v) is 11.5. The van der Waals surface area contributed by atoms with Crippen molar-refractivity contribution in [2.24, 2.45) is 0 Å². The van der Waals surface area contributed by atoms with Gasteiger partial charge in [0.1, 0.15) is 23.1 Å². The number of pyridine rings is 1. The highest BCUT2D eigenvalue weighted by molar-refractivity contribution is 6.04. The fraction of sp³-hybridized carbons (Fsp3) is 0.200. The van der Waals surface area contributed by atoms with Crippen molar-refractivity contribution < 1.29 is 13.6 Å². The monoisotopic (exact) mass is 291 g/mol. The van der Waals surface area contributed by atoms with Crippen molar-refractivity contribution in [1.82, 2.24) is 4.98 Å². The summed E-state index contributed by atoms with van der Waals surface area (Å²) in [6, 6.07) is 6.98. The maximum absolute atomic E-state index is 13.8. The van der Waals surface area contributed by atoms with Gasteiger partial charge in [-0.3, -0.25) is 4.79 Å². The van der Waals surface area contributed by atoms with Gasteiger partial charge in [0, 0.05) is 18.3 Å². The molecule has 0 aliphatic heterocycles. The highest BCUT2D eigenvalue weighted by Gasteiger charge is 2.15. The van der Waals surface area contributed by atoms with Gasteiger partial charge in [0.2, 0.25) is 0 Å². The Morgan fingerprint density at radius 2 is 1.95 bits per heavy atom. The number of nitrogens with one attached hydrogen (secondary N) is 2. The number of hydrogen-bond acceptors (Lipinski definition) is 3. The topological polar surface area (TPSA) is 54.0 Å². The van der Waals surface area contributed by atoms with E-state index in [1.54, 1.807) is 18.2 Å². The van der Waals surface area contributed by atoms with Crippen LogP contribution in [0.25, 0.3) is 0 Å². The van der Waals surface area contributed by atoms with Crippen LogP contribution >= 0.6 is 0 Å². The molecule has 0 fully saturated rings. The van der Waals surface area contributed by atoms with Gasteiger partial charge in [0.15, 0.2) is 0 Å². The molecule has 2 N–H and O–H groups in total. The molecule has 1 amide bonds. The van der Waals surface area contributed by atoms with Crippen LogP contribution in [-0.2, 0) is 0 Å². The lowest BCUT2D eigenvalue weighted by molar-refractivity contribution is 0.102. The summed E-state index contributed by atoms with van der Waals surface area (Å²) in [6.45, 7) is 2.34. The maximum Gasteiger partial charge on any atom is 0.257 e. The molecule has 2 rings (SSSR count). The van der Waals surface area contributed by atoms with Gasteiger partial charge >= 0.3 is 0 Å². The van der Waals surface area contributed by atoms with E-state index in [2.05, 4.69) is 15.6 Å². The van der Waals surface area contributed by atoms with Crippen molar-refractivity contribution in [3.63, 3.8) is 0 Å². The molecule has 1 aromatic carbocycles. The van der Waals surface area contributed by atoms with E-state index in [1.165, 1.54) is 6.20 Å². The fourth-order valence-corrected chi connectivity index (χ4v) is 1.75. The van der Waals surface area contributed by atoms with Gasteiger partial charge in [-0.25, -0.2) is 13.8 Å². The van der Waals surface area contributed by atoms with E-state index < -0.39 is 17.5 Å². The number of aromatic nitrogens is 1. The van der Waals surface area contributed by atoms with Crippen LogP contribution in [0.5, 0.6) is 0 Å². The minimum atomic E-state index is -0.797. The molecule has 0 unspecified atom stereocenters. The number of hydrogen-bond donors (Lipinski definition) is 2. The Labute approximate surface area is 121 Å². The standard InChI is InChI=1S/C15H15F2N3O/c1-2-6-19-14-11(16)8-10(9-12(14)17)15(21)20-13-5-3-4-7-18-13/h3-5,7-9,19H,2,6H2,1H3,(H,18,20,21). The summed E-state index contributed by atoms with van der Waals surface area (Å²) in [5.41, 5.74) is -0.316. The smallest absolute Gasteiger partial charge is 0.257 e. The van der Waals surface area contributed by atoms with Crippen LogP contribution in [-0.4, -0.2) is 17.4 Å². The third kappa shape index (κ3) is 3.75. The number of carbonyl (C=O) groups excluding carboxylic acids is 1. The van der Waals surface area contributed by atoms with Crippen LogP contribution in [0.2, 0.25) is 0 Å². The summed E-state index contributed by atoms with van der Waals surface area (Å²) in [5, 5.41) is 5.12. The van der Waals surface area contributed by atoms with E-state index in [4.69, 9.17) is 0 Å². The lowest BCUT2D eigenvalue weighted by Gasteiger charge is -2.10. The predicted octanol–water partition coefficient (Wildman–Crippen LogP) is 3.43. The van der Waals surface area contributed by atoms with Crippen molar-refractivity contribution in [2.45, 2.75) is 13.3 Å². The number of anilines is 2. The van der Waals surface area contributed by atoms with E-state index in [9.17, 15) is 13.6 Å². The molecule has 1 aromatic heterocycles. The molecule has 1 heterocycles. The molecule has 0 atom stereocenters. The van der Waals surface area contributed by atoms with Gasteiger partial charge in [-0.05, 0) is 30.7 Å². The average Bonchev–Trinajstić information content (AvgIpc) is 2.47. The minimum absolute atomic E-state index is 0.0994. The Hall–Kier alpha value is -2.50. The van der Waals surface area contributed by atoms with E-state index in [0.717, 1.165) is 18.6 Å². The van der Waals surface area contributed by atoms with E-state index in [1.807, 2.05) is 6.92 Å². The van der Waals surface area contributed by atoms with E-state index in [-0.39, 0.29) is 11.3 Å². The molecule has 0 spiro atoms. The first-order valence-electron chi connectivity index (χ1n) is 6.57. The number of rotatable bonds is 5. The summed E-state index contributed by atoms with van der Waals surface area (Å²) < 4.78 is 27.7. The van der Waals surface area contributed by atoms with Crippen LogP contribution < -0.4 is 10.6 Å². The lowest BCUT2D eigenvalue weighted by atomic mass is 10.1. The van der Waals surface area contributed by atoms with Gasteiger partial charge in [-0.15, -0.1) is 0 Å². The van der Waals surface area contributed by atoms with E-state index >= 15 is 0 Å². The molecule has 21 heavy (non-hydrogen) atoms. The Kier molecular flexibility index (Phi) is 4.81.